The zero-order chi connectivity index (χ0) is 34.9. The van der Waals surface area contributed by atoms with Crippen LogP contribution in [0.5, 0.6) is 0 Å². The molecule has 2 aromatic heterocycles. The number of likely N-dealkylation sites (tertiary alicyclic amines) is 2. The first-order chi connectivity index (χ1) is 21.6. The lowest BCUT2D eigenvalue weighted by atomic mass is 9.93. The molecule has 3 aromatic rings. The first-order valence-corrected chi connectivity index (χ1v) is 12.1. The number of aromatic amines is 1. The molecule has 3 amide bonds. The predicted octanol–water partition coefficient (Wildman–Crippen LogP) is 3.69. The van der Waals surface area contributed by atoms with Crippen LogP contribution < -0.4 is 11.0 Å². The Morgan fingerprint density at radius 1 is 1.15 bits per heavy atom. The van der Waals surface area contributed by atoms with Crippen LogP contribution in [0.3, 0.4) is 0 Å². The van der Waals surface area contributed by atoms with Gasteiger partial charge in [-0.25, -0.2) is 23.4 Å². The van der Waals surface area contributed by atoms with Crippen LogP contribution in [-0.4, -0.2) is 74.5 Å². The van der Waals surface area contributed by atoms with Crippen LogP contribution in [0, 0.1) is 11.6 Å². The van der Waals surface area contributed by atoms with E-state index in [2.05, 4.69) is 9.97 Å². The molecule has 40 heavy (non-hydrogen) atoms. The lowest BCUT2D eigenvalue weighted by Crippen LogP contribution is -2.54. The summed E-state index contributed by atoms with van der Waals surface area (Å²) in [4.78, 5) is 45.9. The number of carbonyl (C=O) groups is 2. The first kappa shape index (κ1) is 20.0. The van der Waals surface area contributed by atoms with E-state index in [0.29, 0.717) is 6.07 Å². The summed E-state index contributed by atoms with van der Waals surface area (Å²) in [6.45, 7) is -11.6. The summed E-state index contributed by atoms with van der Waals surface area (Å²) < 4.78 is 130. The fourth-order valence-corrected chi connectivity index (χ4v) is 4.74. The average molecular weight is 574 g/mol. The predicted molar refractivity (Wildman–Crippen MR) is 133 cm³/mol. The van der Waals surface area contributed by atoms with E-state index in [0.717, 1.165) is 16.7 Å². The number of halogens is 5. The highest BCUT2D eigenvalue weighted by Gasteiger charge is 2.40. The zero-order valence-corrected chi connectivity index (χ0v) is 20.6. The number of aromatic nitrogens is 3. The van der Waals surface area contributed by atoms with E-state index < -0.39 is 116 Å². The highest BCUT2D eigenvalue weighted by molar-refractivity contribution is 5.87. The van der Waals surface area contributed by atoms with Crippen LogP contribution in [0.25, 0.3) is 11.2 Å². The smallest absolute Gasteiger partial charge is 0.331 e. The third kappa shape index (κ3) is 5.65. The molecule has 0 unspecified atom stereocenters. The number of H-pyrrole nitrogens is 1. The maximum absolute atomic E-state index is 14.8. The zero-order valence-electron chi connectivity index (χ0n) is 27.6. The number of carbonyl (C=O) groups excluding carboxylic acids is 2. The molecule has 2 aliphatic rings. The second-order valence-electron chi connectivity index (χ2n) is 9.16. The van der Waals surface area contributed by atoms with Crippen molar-refractivity contribution in [2.24, 2.45) is 0 Å². The molecule has 2 saturated heterocycles. The van der Waals surface area contributed by atoms with E-state index in [9.17, 15) is 36.3 Å². The Morgan fingerprint density at radius 2 is 1.90 bits per heavy atom. The molecule has 9 nitrogen and oxygen atoms in total. The van der Waals surface area contributed by atoms with Gasteiger partial charge in [0.2, 0.25) is 5.91 Å². The Bertz CT molecular complexity index is 1770. The molecule has 0 spiro atoms. The summed E-state index contributed by atoms with van der Waals surface area (Å²) in [7, 11) is 0. The standard InChI is InChI=1S/C26H27F5N6O3/c27-18-4-1-3-17(21(18)28)15-6-7-19(23(38)36(13-15)14-26(29,30)31)33-24(39)35-11-8-16(9-12-35)37-20-5-2-10-32-22(20)34-25(37)40/h1-5,10,15-16,19H,6-9,11-14H2,(H,33,39)(H,32,34,40)/t15-,19-/m1/s1/i11D2,12D2,14D2,15D. The molecule has 214 valence electrons. The fraction of sp³-hybridized carbons (Fsp3) is 0.462. The number of imidazole rings is 1. The van der Waals surface area contributed by atoms with E-state index >= 15 is 0 Å². The maximum atomic E-state index is 14.8. The maximum Gasteiger partial charge on any atom is 0.406 e. The van der Waals surface area contributed by atoms with E-state index in [1.807, 2.05) is 5.32 Å². The van der Waals surface area contributed by atoms with Gasteiger partial charge in [0.05, 0.1) is 8.26 Å². The summed E-state index contributed by atoms with van der Waals surface area (Å²) in [5.74, 6) is -7.29. The van der Waals surface area contributed by atoms with Crippen LogP contribution in [0.1, 0.15) is 52.8 Å². The topological polar surface area (TPSA) is 103 Å². The SMILES string of the molecule is [2H]C1([2H])CC(n2c(=O)[nH]c3ncccc32)CC([2H])([2H])N1C(=O)N[C@@H]1CC[C@@]([2H])(c2cccc(F)c2F)CN(C([2H])([2H])C(F)(F)F)C1=O. The average Bonchev–Trinajstić information content (AvgIpc) is 3.22. The number of benzene rings is 1. The molecular weight excluding hydrogens is 539 g/mol. The van der Waals surface area contributed by atoms with Crippen molar-refractivity contribution in [1.29, 1.82) is 0 Å². The van der Waals surface area contributed by atoms with Gasteiger partial charge >= 0.3 is 17.9 Å². The van der Waals surface area contributed by atoms with Crippen LogP contribution in [0.2, 0.25) is 0 Å². The summed E-state index contributed by atoms with van der Waals surface area (Å²) in [5.41, 5.74) is -1.09. The Morgan fingerprint density at radius 3 is 2.62 bits per heavy atom. The Hall–Kier alpha value is -3.97. The highest BCUT2D eigenvalue weighted by Crippen LogP contribution is 2.32. The molecule has 2 N–H and O–H groups in total. The number of rotatable bonds is 4. The van der Waals surface area contributed by atoms with Gasteiger partial charge in [-0.15, -0.1) is 0 Å². The number of nitrogens with zero attached hydrogens (tertiary/aromatic N) is 4. The molecule has 0 bridgehead atoms. The fourth-order valence-electron chi connectivity index (χ4n) is 4.74. The van der Waals surface area contributed by atoms with Gasteiger partial charge in [0.15, 0.2) is 17.3 Å². The van der Waals surface area contributed by atoms with Gasteiger partial charge in [0.25, 0.3) is 0 Å². The summed E-state index contributed by atoms with van der Waals surface area (Å²) in [6, 6.07) is 0.758. The van der Waals surface area contributed by atoms with Crippen molar-refractivity contribution in [1.82, 2.24) is 29.7 Å². The van der Waals surface area contributed by atoms with E-state index in [1.54, 1.807) is 0 Å². The third-order valence-corrected chi connectivity index (χ3v) is 6.57. The minimum atomic E-state index is -5.74. The Labute approximate surface area is 234 Å². The summed E-state index contributed by atoms with van der Waals surface area (Å²) in [5, 5.41) is 1.99. The lowest BCUT2D eigenvalue weighted by Gasteiger charge is -2.34. The first-order valence-electron chi connectivity index (χ1n) is 15.6. The molecule has 0 saturated carbocycles. The molecular formula is C26H27F5N6O3. The largest absolute Gasteiger partial charge is 0.406 e. The number of hydrogen-bond donors (Lipinski definition) is 2. The van der Waals surface area contributed by atoms with E-state index in [1.165, 1.54) is 18.3 Å². The quantitative estimate of drug-likeness (QED) is 0.465. The van der Waals surface area contributed by atoms with Crippen molar-refractivity contribution in [2.45, 2.75) is 49.8 Å². The molecule has 0 aliphatic carbocycles. The summed E-state index contributed by atoms with van der Waals surface area (Å²) in [6.07, 6.45) is -7.04. The minimum absolute atomic E-state index is 0.107. The van der Waals surface area contributed by atoms with Crippen molar-refractivity contribution in [3.05, 3.63) is 64.2 Å². The van der Waals surface area contributed by atoms with Crippen LogP contribution in [0.4, 0.5) is 26.7 Å². The molecule has 2 aliphatic heterocycles. The van der Waals surface area contributed by atoms with Gasteiger partial charge in [0.1, 0.15) is 12.5 Å². The molecule has 4 heterocycles. The second-order valence-corrected chi connectivity index (χ2v) is 9.16. The molecule has 5 rings (SSSR count). The van der Waals surface area contributed by atoms with Crippen molar-refractivity contribution >= 4 is 23.1 Å². The number of hydrogen-bond acceptors (Lipinski definition) is 4. The number of pyridine rings is 1. The van der Waals surface area contributed by atoms with Crippen LogP contribution >= 0.6 is 0 Å². The van der Waals surface area contributed by atoms with Crippen molar-refractivity contribution in [3.8, 4) is 0 Å². The van der Waals surface area contributed by atoms with E-state index in [-0.39, 0.29) is 16.1 Å². The van der Waals surface area contributed by atoms with E-state index in [4.69, 9.17) is 9.60 Å². The Kier molecular flexibility index (Phi) is 5.44. The van der Waals surface area contributed by atoms with Gasteiger partial charge in [-0.1, -0.05) is 12.1 Å². The van der Waals surface area contributed by atoms with Crippen LogP contribution in [-0.2, 0) is 4.79 Å². The van der Waals surface area contributed by atoms with Gasteiger partial charge < -0.3 is 15.1 Å². The number of amides is 3. The molecule has 0 radical (unpaired) electrons. The van der Waals surface area contributed by atoms with Crippen LogP contribution in [0.15, 0.2) is 41.3 Å². The van der Waals surface area contributed by atoms with Gasteiger partial charge in [0, 0.05) is 44.5 Å². The second kappa shape index (κ2) is 10.9. The third-order valence-electron chi connectivity index (χ3n) is 6.57. The molecule has 1 aromatic carbocycles. The normalized spacial score (nSPS) is 28.4. The lowest BCUT2D eigenvalue weighted by molar-refractivity contribution is -0.162. The minimum Gasteiger partial charge on any atom is -0.331 e. The number of fused-ring (bicyclic) bond motifs is 1. The van der Waals surface area contributed by atoms with Crippen molar-refractivity contribution < 1.29 is 41.1 Å². The number of piperidine rings is 1. The van der Waals surface area contributed by atoms with Gasteiger partial charge in [-0.2, -0.15) is 13.2 Å². The number of urea groups is 1. The molecule has 14 heteroatoms. The summed E-state index contributed by atoms with van der Waals surface area (Å²) >= 11 is 0. The monoisotopic (exact) mass is 573 g/mol. The van der Waals surface area contributed by atoms with Gasteiger partial charge in [-0.3, -0.25) is 14.3 Å². The highest BCUT2D eigenvalue weighted by atomic mass is 19.4. The molecule has 2 atom stereocenters. The number of alkyl halides is 3. The Balaban J connectivity index is 1.47. The number of nitrogens with one attached hydrogen (secondary N) is 2. The van der Waals surface area contributed by atoms with Crippen molar-refractivity contribution in [2.75, 3.05) is 26.0 Å². The van der Waals surface area contributed by atoms with Gasteiger partial charge in [-0.05, 0) is 49.4 Å². The molecule has 2 fully saturated rings. The van der Waals surface area contributed by atoms with Crippen molar-refractivity contribution in [3.63, 3.8) is 0 Å².